The third-order valence-electron chi connectivity index (χ3n) is 3.50. The van der Waals surface area contributed by atoms with Gasteiger partial charge in [-0.3, -0.25) is 9.89 Å². The second kappa shape index (κ2) is 8.29. The third kappa shape index (κ3) is 3.96. The largest absolute Gasteiger partial charge is 0.495 e. The second-order valence-electron chi connectivity index (χ2n) is 4.89. The number of H-pyrrole nitrogens is 1. The molecule has 0 aliphatic rings. The van der Waals surface area contributed by atoms with Crippen molar-refractivity contribution in [3.63, 3.8) is 0 Å². The number of halogens is 1. The van der Waals surface area contributed by atoms with Crippen molar-refractivity contribution in [2.24, 2.45) is 0 Å². The zero-order chi connectivity index (χ0) is 17.7. The highest BCUT2D eigenvalue weighted by Crippen LogP contribution is 2.35. The number of hydrogen-bond donors (Lipinski definition) is 2. The van der Waals surface area contributed by atoms with Crippen LogP contribution < -0.4 is 14.8 Å². The van der Waals surface area contributed by atoms with Crippen LogP contribution in [0.4, 0.5) is 0 Å². The first-order valence-corrected chi connectivity index (χ1v) is 8.55. The molecule has 1 aromatic heterocycles. The van der Waals surface area contributed by atoms with Gasteiger partial charge in [-0.15, -0.1) is 0 Å². The molecule has 0 atom stereocenters. The average Bonchev–Trinajstić information content (AvgIpc) is 2.94. The Bertz CT molecular complexity index is 762. The minimum Gasteiger partial charge on any atom is -0.495 e. The van der Waals surface area contributed by atoms with Gasteiger partial charge >= 0.3 is 0 Å². The van der Waals surface area contributed by atoms with Gasteiger partial charge in [0.05, 0.1) is 14.2 Å². The summed E-state index contributed by atoms with van der Waals surface area (Å²) in [5.41, 5.74) is 0.459. The Morgan fingerprint density at radius 1 is 1.38 bits per heavy atom. The summed E-state index contributed by atoms with van der Waals surface area (Å²) >= 11 is 8.52. The first-order valence-electron chi connectivity index (χ1n) is 7.35. The topological polar surface area (TPSA) is 81.2 Å². The number of rotatable bonds is 7. The van der Waals surface area contributed by atoms with Crippen molar-refractivity contribution in [3.05, 3.63) is 32.8 Å². The van der Waals surface area contributed by atoms with Gasteiger partial charge in [-0.2, -0.15) is 5.10 Å². The van der Waals surface area contributed by atoms with Crippen LogP contribution in [0, 0.1) is 4.77 Å². The number of aromatic amines is 1. The van der Waals surface area contributed by atoms with E-state index in [4.69, 9.17) is 21.7 Å². The number of methoxy groups -OCH3 is 2. The van der Waals surface area contributed by atoms with Gasteiger partial charge in [0.15, 0.2) is 4.77 Å². The van der Waals surface area contributed by atoms with Crippen molar-refractivity contribution < 1.29 is 14.3 Å². The van der Waals surface area contributed by atoms with Gasteiger partial charge in [0.25, 0.3) is 5.91 Å². The Kier molecular flexibility index (Phi) is 6.38. The first-order chi connectivity index (χ1) is 11.5. The number of nitrogens with one attached hydrogen (secondary N) is 2. The molecule has 0 aliphatic heterocycles. The first kappa shape index (κ1) is 18.5. The van der Waals surface area contributed by atoms with Gasteiger partial charge in [0.1, 0.15) is 21.8 Å². The van der Waals surface area contributed by atoms with Crippen molar-refractivity contribution in [1.82, 2.24) is 20.1 Å². The number of nitrogens with zero attached hydrogens (tertiary/aromatic N) is 2. The number of carbonyl (C=O) groups is 1. The lowest BCUT2D eigenvalue weighted by molar-refractivity contribution is 0.0953. The van der Waals surface area contributed by atoms with Crippen molar-refractivity contribution in [2.75, 3.05) is 20.8 Å². The summed E-state index contributed by atoms with van der Waals surface area (Å²) in [6, 6.07) is 3.31. The maximum atomic E-state index is 12.3. The van der Waals surface area contributed by atoms with Crippen LogP contribution in [-0.4, -0.2) is 41.4 Å². The predicted molar refractivity (Wildman–Crippen MR) is 96.4 cm³/mol. The summed E-state index contributed by atoms with van der Waals surface area (Å²) in [5, 5.41) is 9.79. The van der Waals surface area contributed by atoms with E-state index >= 15 is 0 Å². The van der Waals surface area contributed by atoms with E-state index in [1.807, 2.05) is 11.5 Å². The summed E-state index contributed by atoms with van der Waals surface area (Å²) < 4.78 is 13.6. The van der Waals surface area contributed by atoms with Crippen LogP contribution >= 0.6 is 28.1 Å². The molecule has 2 N–H and O–H groups in total. The van der Waals surface area contributed by atoms with Crippen LogP contribution in [0.3, 0.4) is 0 Å². The number of benzene rings is 1. The van der Waals surface area contributed by atoms with Crippen LogP contribution in [0.2, 0.25) is 0 Å². The fraction of sp³-hybridized carbons (Fsp3) is 0.400. The number of ether oxygens (including phenoxy) is 2. The molecule has 7 nitrogen and oxygen atoms in total. The molecule has 0 bridgehead atoms. The predicted octanol–water partition coefficient (Wildman–Crippen LogP) is 2.71. The van der Waals surface area contributed by atoms with Crippen molar-refractivity contribution in [3.8, 4) is 11.5 Å². The highest BCUT2D eigenvalue weighted by molar-refractivity contribution is 9.10. The molecule has 0 unspecified atom stereocenters. The van der Waals surface area contributed by atoms with E-state index < -0.39 is 0 Å². The molecule has 0 radical (unpaired) electrons. The standard InChI is InChI=1S/C15H19BrN4O3S/c1-4-20-12(18-19-15(20)24)5-6-17-14(21)9-7-10(22-2)13(16)11(8-9)23-3/h7-8H,4-6H2,1-3H3,(H,17,21)(H,19,24). The lowest BCUT2D eigenvalue weighted by Crippen LogP contribution is -2.26. The van der Waals surface area contributed by atoms with Crippen LogP contribution in [0.5, 0.6) is 11.5 Å². The van der Waals surface area contributed by atoms with Crippen molar-refractivity contribution in [2.45, 2.75) is 19.9 Å². The van der Waals surface area contributed by atoms with Crippen LogP contribution in [0.15, 0.2) is 16.6 Å². The minimum atomic E-state index is -0.212. The van der Waals surface area contributed by atoms with Crippen molar-refractivity contribution in [1.29, 1.82) is 0 Å². The molecule has 2 aromatic rings. The number of hydrogen-bond acceptors (Lipinski definition) is 5. The summed E-state index contributed by atoms with van der Waals surface area (Å²) in [7, 11) is 3.07. The monoisotopic (exact) mass is 414 g/mol. The van der Waals surface area contributed by atoms with E-state index in [1.54, 1.807) is 12.1 Å². The molecule has 1 heterocycles. The second-order valence-corrected chi connectivity index (χ2v) is 6.07. The summed E-state index contributed by atoms with van der Waals surface area (Å²) in [4.78, 5) is 12.3. The van der Waals surface area contributed by atoms with Crippen LogP contribution in [0.25, 0.3) is 0 Å². The van der Waals surface area contributed by atoms with Crippen LogP contribution in [-0.2, 0) is 13.0 Å². The van der Waals surface area contributed by atoms with E-state index in [2.05, 4.69) is 31.4 Å². The third-order valence-corrected chi connectivity index (χ3v) is 4.59. The zero-order valence-electron chi connectivity index (χ0n) is 13.7. The van der Waals surface area contributed by atoms with E-state index in [0.29, 0.717) is 39.3 Å². The lowest BCUT2D eigenvalue weighted by atomic mass is 10.2. The Hall–Kier alpha value is -1.87. The van der Waals surface area contributed by atoms with E-state index in [1.165, 1.54) is 14.2 Å². The fourth-order valence-corrected chi connectivity index (χ4v) is 3.09. The zero-order valence-corrected chi connectivity index (χ0v) is 16.1. The quantitative estimate of drug-likeness (QED) is 0.680. The van der Waals surface area contributed by atoms with E-state index in [0.717, 1.165) is 12.4 Å². The van der Waals surface area contributed by atoms with Gasteiger partial charge in [-0.05, 0) is 47.2 Å². The van der Waals surface area contributed by atoms with Gasteiger partial charge in [-0.1, -0.05) is 0 Å². The lowest BCUT2D eigenvalue weighted by Gasteiger charge is -2.12. The molecule has 2 rings (SSSR count). The average molecular weight is 415 g/mol. The van der Waals surface area contributed by atoms with Gasteiger partial charge in [0, 0.05) is 25.1 Å². The molecular weight excluding hydrogens is 396 g/mol. The maximum Gasteiger partial charge on any atom is 0.251 e. The molecule has 9 heteroatoms. The molecule has 24 heavy (non-hydrogen) atoms. The van der Waals surface area contributed by atoms with Gasteiger partial charge in [0.2, 0.25) is 0 Å². The van der Waals surface area contributed by atoms with Gasteiger partial charge in [-0.25, -0.2) is 0 Å². The molecule has 0 saturated carbocycles. The van der Waals surface area contributed by atoms with Crippen molar-refractivity contribution >= 4 is 34.1 Å². The number of carbonyl (C=O) groups excluding carboxylic acids is 1. The van der Waals surface area contributed by atoms with E-state index in [-0.39, 0.29) is 5.91 Å². The summed E-state index contributed by atoms with van der Waals surface area (Å²) in [5.74, 6) is 1.67. The molecule has 0 saturated heterocycles. The Labute approximate surface area is 153 Å². The number of aromatic nitrogens is 3. The summed E-state index contributed by atoms with van der Waals surface area (Å²) in [6.07, 6.45) is 0.581. The highest BCUT2D eigenvalue weighted by atomic mass is 79.9. The molecule has 1 aromatic carbocycles. The fourth-order valence-electron chi connectivity index (χ4n) is 2.26. The van der Waals surface area contributed by atoms with Crippen LogP contribution in [0.1, 0.15) is 23.1 Å². The van der Waals surface area contributed by atoms with Gasteiger partial charge < -0.3 is 19.4 Å². The highest BCUT2D eigenvalue weighted by Gasteiger charge is 2.14. The Morgan fingerprint density at radius 3 is 2.54 bits per heavy atom. The minimum absolute atomic E-state index is 0.212. The number of amides is 1. The normalized spacial score (nSPS) is 10.5. The molecule has 0 fully saturated rings. The molecule has 0 aliphatic carbocycles. The molecule has 1 amide bonds. The summed E-state index contributed by atoms with van der Waals surface area (Å²) in [6.45, 7) is 3.17. The smallest absolute Gasteiger partial charge is 0.251 e. The Morgan fingerprint density at radius 2 is 2.00 bits per heavy atom. The Balaban J connectivity index is 2.06. The molecule has 130 valence electrons. The van der Waals surface area contributed by atoms with E-state index in [9.17, 15) is 4.79 Å². The molecule has 0 spiro atoms. The molecular formula is C15H19BrN4O3S. The maximum absolute atomic E-state index is 12.3. The SMILES string of the molecule is CCn1c(CCNC(=O)c2cc(OC)c(Br)c(OC)c2)n[nH]c1=S.